The average molecular weight is 477 g/mol. The maximum Gasteiger partial charge on any atom is 0.239 e. The van der Waals surface area contributed by atoms with Crippen molar-refractivity contribution in [3.8, 4) is 0 Å². The van der Waals surface area contributed by atoms with Crippen LogP contribution in [0.4, 0.5) is 0 Å². The molecule has 0 radical (unpaired) electrons. The van der Waals surface area contributed by atoms with E-state index in [1.54, 1.807) is 0 Å². The highest BCUT2D eigenvalue weighted by Crippen LogP contribution is 2.25. The third-order valence-corrected chi connectivity index (χ3v) is 6.84. The van der Waals surface area contributed by atoms with E-state index in [-0.39, 0.29) is 11.9 Å². The quantitative estimate of drug-likeness (QED) is 0.591. The van der Waals surface area contributed by atoms with Crippen LogP contribution in [0.3, 0.4) is 0 Å². The molecule has 1 amide bonds. The normalized spacial score (nSPS) is 16.9. The molecule has 2 aromatic rings. The predicted octanol–water partition coefficient (Wildman–Crippen LogP) is 4.09. The molecule has 7 heteroatoms. The largest absolute Gasteiger partial charge is 0.339 e. The minimum Gasteiger partial charge on any atom is -0.339 e. The van der Waals surface area contributed by atoms with Crippen LogP contribution in [0.5, 0.6) is 0 Å². The highest BCUT2D eigenvalue weighted by molar-refractivity contribution is 6.30. The molecule has 1 aliphatic rings. The molecule has 174 valence electrons. The maximum atomic E-state index is 13.0. The Bertz CT molecular complexity index is 847. The molecule has 0 spiro atoms. The molecule has 0 bridgehead atoms. The molecule has 0 aliphatic carbocycles. The first-order chi connectivity index (χ1) is 15.4. The molecule has 0 aromatic heterocycles. The first kappa shape index (κ1) is 25.0. The Morgan fingerprint density at radius 2 is 1.47 bits per heavy atom. The topological polar surface area (TPSA) is 52.8 Å². The zero-order valence-corrected chi connectivity index (χ0v) is 20.5. The standard InChI is InChI=1S/C25H34Cl2N4O/c1-3-29(4-2)18-24(20-7-11-22(27)12-8-20)30-13-15-31(16-14-30)25(32)23(28)17-19-5-9-21(26)10-6-19/h5-12,23-24H,3-4,13-18,28H2,1-2H3. The van der Waals surface area contributed by atoms with Crippen molar-refractivity contribution in [2.45, 2.75) is 32.4 Å². The summed E-state index contributed by atoms with van der Waals surface area (Å²) in [7, 11) is 0. The van der Waals surface area contributed by atoms with Gasteiger partial charge >= 0.3 is 0 Å². The first-order valence-electron chi connectivity index (χ1n) is 11.4. The van der Waals surface area contributed by atoms with E-state index in [9.17, 15) is 4.79 Å². The van der Waals surface area contributed by atoms with Crippen LogP contribution in [0, 0.1) is 0 Å². The van der Waals surface area contributed by atoms with Crippen molar-refractivity contribution in [2.75, 3.05) is 45.8 Å². The number of halogens is 2. The second-order valence-electron chi connectivity index (χ2n) is 8.35. The number of nitrogens with zero attached hydrogens (tertiary/aromatic N) is 3. The molecule has 1 aliphatic heterocycles. The van der Waals surface area contributed by atoms with Crippen LogP contribution in [0.15, 0.2) is 48.5 Å². The molecule has 0 saturated carbocycles. The number of carbonyl (C=O) groups is 1. The van der Waals surface area contributed by atoms with Gasteiger partial charge in [-0.15, -0.1) is 0 Å². The summed E-state index contributed by atoms with van der Waals surface area (Å²) in [5.74, 6) is 0.0198. The van der Waals surface area contributed by atoms with Gasteiger partial charge in [0.05, 0.1) is 6.04 Å². The van der Waals surface area contributed by atoms with E-state index in [2.05, 4.69) is 35.8 Å². The van der Waals surface area contributed by atoms with Crippen molar-refractivity contribution in [2.24, 2.45) is 5.73 Å². The molecule has 2 atom stereocenters. The van der Waals surface area contributed by atoms with Crippen LogP contribution in [-0.2, 0) is 11.2 Å². The smallest absolute Gasteiger partial charge is 0.239 e. The fourth-order valence-corrected chi connectivity index (χ4v) is 4.55. The molecule has 2 unspecified atom stereocenters. The summed E-state index contributed by atoms with van der Waals surface area (Å²) >= 11 is 12.1. The van der Waals surface area contributed by atoms with Crippen molar-refractivity contribution in [3.63, 3.8) is 0 Å². The number of carbonyl (C=O) groups excluding carboxylic acids is 1. The molecular formula is C25H34Cl2N4O. The lowest BCUT2D eigenvalue weighted by Gasteiger charge is -2.41. The summed E-state index contributed by atoms with van der Waals surface area (Å²) in [6, 6.07) is 15.4. The van der Waals surface area contributed by atoms with Crippen LogP contribution in [-0.4, -0.2) is 72.5 Å². The van der Waals surface area contributed by atoms with E-state index in [4.69, 9.17) is 28.9 Å². The Morgan fingerprint density at radius 3 is 2.00 bits per heavy atom. The molecular weight excluding hydrogens is 443 g/mol. The Labute approximate surface area is 202 Å². The number of benzene rings is 2. The molecule has 3 rings (SSSR count). The Morgan fingerprint density at radius 1 is 0.938 bits per heavy atom. The number of rotatable bonds is 9. The van der Waals surface area contributed by atoms with Gasteiger partial charge in [-0.1, -0.05) is 61.3 Å². The van der Waals surface area contributed by atoms with Gasteiger partial charge in [0.15, 0.2) is 0 Å². The van der Waals surface area contributed by atoms with Crippen molar-refractivity contribution in [1.29, 1.82) is 0 Å². The van der Waals surface area contributed by atoms with Gasteiger partial charge in [0.1, 0.15) is 0 Å². The predicted molar refractivity (Wildman–Crippen MR) is 133 cm³/mol. The molecule has 1 fully saturated rings. The monoisotopic (exact) mass is 476 g/mol. The van der Waals surface area contributed by atoms with Gasteiger partial charge in [-0.2, -0.15) is 0 Å². The van der Waals surface area contributed by atoms with E-state index >= 15 is 0 Å². The summed E-state index contributed by atoms with van der Waals surface area (Å²) in [6.45, 7) is 10.4. The van der Waals surface area contributed by atoms with Gasteiger partial charge in [0.2, 0.25) is 5.91 Å². The van der Waals surface area contributed by atoms with E-state index in [0.717, 1.165) is 43.3 Å². The number of piperazine rings is 1. The van der Waals surface area contributed by atoms with Gasteiger partial charge in [-0.25, -0.2) is 0 Å². The Hall–Kier alpha value is -1.63. The summed E-state index contributed by atoms with van der Waals surface area (Å²) in [4.78, 5) is 19.8. The van der Waals surface area contributed by atoms with E-state index in [1.165, 1.54) is 5.56 Å². The van der Waals surface area contributed by atoms with Gasteiger partial charge in [-0.3, -0.25) is 9.69 Å². The Kier molecular flexibility index (Phi) is 9.38. The second kappa shape index (κ2) is 12.0. The molecule has 32 heavy (non-hydrogen) atoms. The number of nitrogens with two attached hydrogens (primary N) is 1. The van der Waals surface area contributed by atoms with E-state index < -0.39 is 6.04 Å². The molecule has 2 N–H and O–H groups in total. The summed E-state index contributed by atoms with van der Waals surface area (Å²) in [5, 5.41) is 1.44. The third-order valence-electron chi connectivity index (χ3n) is 6.33. The van der Waals surface area contributed by atoms with Crippen LogP contribution >= 0.6 is 23.2 Å². The number of likely N-dealkylation sites (N-methyl/N-ethyl adjacent to an activating group) is 1. The van der Waals surface area contributed by atoms with Crippen molar-refractivity contribution in [1.82, 2.24) is 14.7 Å². The highest BCUT2D eigenvalue weighted by Gasteiger charge is 2.30. The fraction of sp³-hybridized carbons (Fsp3) is 0.480. The van der Waals surface area contributed by atoms with Gasteiger partial charge < -0.3 is 15.5 Å². The zero-order valence-electron chi connectivity index (χ0n) is 19.0. The third kappa shape index (κ3) is 6.69. The number of amides is 1. The van der Waals surface area contributed by atoms with E-state index in [0.29, 0.717) is 24.5 Å². The van der Waals surface area contributed by atoms with Gasteiger partial charge in [0, 0.05) is 48.8 Å². The van der Waals surface area contributed by atoms with E-state index in [1.807, 2.05) is 41.3 Å². The lowest BCUT2D eigenvalue weighted by Crippen LogP contribution is -2.55. The van der Waals surface area contributed by atoms with Gasteiger partial charge in [0.25, 0.3) is 0 Å². The number of hydrogen-bond acceptors (Lipinski definition) is 4. The highest BCUT2D eigenvalue weighted by atomic mass is 35.5. The van der Waals surface area contributed by atoms with Gasteiger partial charge in [-0.05, 0) is 54.9 Å². The fourth-order valence-electron chi connectivity index (χ4n) is 4.29. The van der Waals surface area contributed by atoms with Crippen molar-refractivity contribution in [3.05, 3.63) is 69.7 Å². The van der Waals surface area contributed by atoms with Crippen molar-refractivity contribution >= 4 is 29.1 Å². The molecule has 2 aromatic carbocycles. The first-order valence-corrected chi connectivity index (χ1v) is 12.2. The summed E-state index contributed by atoms with van der Waals surface area (Å²) < 4.78 is 0. The van der Waals surface area contributed by atoms with Crippen LogP contribution in [0.1, 0.15) is 31.0 Å². The molecule has 1 saturated heterocycles. The minimum atomic E-state index is -0.537. The Balaban J connectivity index is 1.62. The number of hydrogen-bond donors (Lipinski definition) is 1. The SMILES string of the molecule is CCN(CC)CC(c1ccc(Cl)cc1)N1CCN(C(=O)C(N)Cc2ccc(Cl)cc2)CC1. The zero-order chi connectivity index (χ0) is 23.1. The summed E-state index contributed by atoms with van der Waals surface area (Å²) in [5.41, 5.74) is 8.55. The minimum absolute atomic E-state index is 0.0198. The van der Waals surface area contributed by atoms with Crippen LogP contribution < -0.4 is 5.73 Å². The maximum absolute atomic E-state index is 13.0. The molecule has 1 heterocycles. The lowest BCUT2D eigenvalue weighted by molar-refractivity contribution is -0.134. The molecule has 5 nitrogen and oxygen atoms in total. The summed E-state index contributed by atoms with van der Waals surface area (Å²) in [6.07, 6.45) is 0.519. The van der Waals surface area contributed by atoms with Crippen LogP contribution in [0.25, 0.3) is 0 Å². The average Bonchev–Trinajstić information content (AvgIpc) is 2.82. The second-order valence-corrected chi connectivity index (χ2v) is 9.22. The lowest BCUT2D eigenvalue weighted by atomic mass is 10.0. The van der Waals surface area contributed by atoms with Crippen LogP contribution in [0.2, 0.25) is 10.0 Å². The van der Waals surface area contributed by atoms with Crippen molar-refractivity contribution < 1.29 is 4.79 Å².